The lowest BCUT2D eigenvalue weighted by Gasteiger charge is -2.46. The van der Waals surface area contributed by atoms with Gasteiger partial charge in [0.1, 0.15) is 5.70 Å². The predicted octanol–water partition coefficient (Wildman–Crippen LogP) is 0.212. The molecule has 27 heavy (non-hydrogen) atoms. The van der Waals surface area contributed by atoms with E-state index in [1.54, 1.807) is 6.92 Å². The Balaban J connectivity index is 1.75. The average Bonchev–Trinajstić information content (AvgIpc) is 3.02. The Morgan fingerprint density at radius 2 is 2.07 bits per heavy atom. The van der Waals surface area contributed by atoms with Crippen LogP contribution >= 0.6 is 11.8 Å². The van der Waals surface area contributed by atoms with Crippen LogP contribution < -0.4 is 5.73 Å². The molecule has 3 aliphatic heterocycles. The van der Waals surface area contributed by atoms with Gasteiger partial charge in [0.05, 0.1) is 18.1 Å². The summed E-state index contributed by atoms with van der Waals surface area (Å²) in [5.41, 5.74) is 5.32. The van der Waals surface area contributed by atoms with E-state index in [4.69, 9.17) is 5.73 Å². The molecule has 0 radical (unpaired) electrons. The van der Waals surface area contributed by atoms with Gasteiger partial charge in [0.2, 0.25) is 11.8 Å². The first-order valence-electron chi connectivity index (χ1n) is 9.27. The third-order valence-electron chi connectivity index (χ3n) is 5.98. The van der Waals surface area contributed by atoms with Crippen molar-refractivity contribution in [3.63, 3.8) is 0 Å². The number of aliphatic hydroxyl groups is 1. The number of aliphatic carboxylic acids is 1. The van der Waals surface area contributed by atoms with Crippen LogP contribution in [0.25, 0.3) is 0 Å². The van der Waals surface area contributed by atoms with Crippen molar-refractivity contribution in [3.8, 4) is 0 Å². The molecule has 2 fully saturated rings. The second-order valence-corrected chi connectivity index (χ2v) is 9.19. The number of fused-ring (bicyclic) bond motifs is 1. The minimum Gasteiger partial charge on any atom is -0.477 e. The van der Waals surface area contributed by atoms with Gasteiger partial charge in [0.25, 0.3) is 0 Å². The molecule has 0 aromatic heterocycles. The number of carboxylic acids is 1. The lowest BCUT2D eigenvalue weighted by Crippen LogP contribution is -2.63. The number of β-lactam (4-membered cyclic amide) rings is 1. The Morgan fingerprint density at radius 3 is 2.63 bits per heavy atom. The Morgan fingerprint density at radius 1 is 1.41 bits per heavy atom. The molecule has 2 saturated heterocycles. The van der Waals surface area contributed by atoms with E-state index in [1.807, 2.05) is 14.0 Å². The standard InChI is InChI=1S/C18H27N3O5S/c1-8-14-13(9(2)22)17(24)21(14)15(18(25)26)16(8)27-11-6-10(20(3)7-11)4-5-12(19)23/h8-11,13-14,22H,4-7H2,1-3H3,(H2,19,23)(H,25,26)/t8-,9-,10-,11+,13-,14?/m1/s1. The van der Waals surface area contributed by atoms with Crippen LogP contribution in [-0.2, 0) is 14.4 Å². The summed E-state index contributed by atoms with van der Waals surface area (Å²) in [4.78, 5) is 39.6. The van der Waals surface area contributed by atoms with Crippen molar-refractivity contribution in [1.29, 1.82) is 0 Å². The summed E-state index contributed by atoms with van der Waals surface area (Å²) in [6.45, 7) is 4.30. The minimum atomic E-state index is -1.10. The van der Waals surface area contributed by atoms with Crippen molar-refractivity contribution in [1.82, 2.24) is 9.80 Å². The van der Waals surface area contributed by atoms with Crippen LogP contribution in [0.15, 0.2) is 10.6 Å². The van der Waals surface area contributed by atoms with Gasteiger partial charge < -0.3 is 25.7 Å². The molecule has 3 heterocycles. The molecule has 0 aromatic carbocycles. The van der Waals surface area contributed by atoms with E-state index in [0.29, 0.717) is 12.8 Å². The molecule has 0 spiro atoms. The van der Waals surface area contributed by atoms with Gasteiger partial charge in [0, 0.05) is 35.1 Å². The van der Waals surface area contributed by atoms with Crippen molar-refractivity contribution < 1.29 is 24.6 Å². The Hall–Kier alpha value is -1.58. The molecule has 6 atom stereocenters. The summed E-state index contributed by atoms with van der Waals surface area (Å²) in [6.07, 6.45) is 1.08. The number of carbonyl (C=O) groups is 3. The van der Waals surface area contributed by atoms with Crippen molar-refractivity contribution >= 4 is 29.5 Å². The molecule has 0 saturated carbocycles. The molecule has 3 rings (SSSR count). The predicted molar refractivity (Wildman–Crippen MR) is 100 cm³/mol. The van der Waals surface area contributed by atoms with Gasteiger partial charge in [-0.05, 0) is 26.8 Å². The van der Waals surface area contributed by atoms with E-state index in [2.05, 4.69) is 4.90 Å². The maximum absolute atomic E-state index is 12.4. The van der Waals surface area contributed by atoms with Gasteiger partial charge in [-0.2, -0.15) is 0 Å². The average molecular weight is 397 g/mol. The van der Waals surface area contributed by atoms with Crippen molar-refractivity contribution in [3.05, 3.63) is 10.6 Å². The molecule has 2 amide bonds. The van der Waals surface area contributed by atoms with Crippen molar-refractivity contribution in [2.45, 2.75) is 56.5 Å². The molecule has 4 N–H and O–H groups in total. The number of carboxylic acid groups (broad SMARTS) is 1. The van der Waals surface area contributed by atoms with E-state index < -0.39 is 18.0 Å². The highest BCUT2D eigenvalue weighted by Gasteiger charge is 2.60. The van der Waals surface area contributed by atoms with Crippen LogP contribution in [0, 0.1) is 11.8 Å². The van der Waals surface area contributed by atoms with Gasteiger partial charge in [-0.3, -0.25) is 9.59 Å². The fourth-order valence-electron chi connectivity index (χ4n) is 4.62. The lowest BCUT2D eigenvalue weighted by atomic mass is 9.79. The number of nitrogens with zero attached hydrogens (tertiary/aromatic N) is 2. The van der Waals surface area contributed by atoms with Gasteiger partial charge in [-0.15, -0.1) is 11.8 Å². The summed E-state index contributed by atoms with van der Waals surface area (Å²) in [7, 11) is 2.00. The highest BCUT2D eigenvalue weighted by atomic mass is 32.2. The molecule has 0 bridgehead atoms. The highest BCUT2D eigenvalue weighted by Crippen LogP contribution is 2.52. The molecule has 9 heteroatoms. The van der Waals surface area contributed by atoms with E-state index >= 15 is 0 Å². The zero-order valence-corrected chi connectivity index (χ0v) is 16.6. The molecule has 3 aliphatic rings. The van der Waals surface area contributed by atoms with E-state index in [9.17, 15) is 24.6 Å². The first kappa shape index (κ1) is 20.2. The number of primary amides is 1. The number of thioether (sulfide) groups is 1. The number of hydrogen-bond acceptors (Lipinski definition) is 6. The van der Waals surface area contributed by atoms with Crippen LogP contribution in [0.2, 0.25) is 0 Å². The molecule has 0 aromatic rings. The number of carbonyl (C=O) groups excluding carboxylic acids is 2. The van der Waals surface area contributed by atoms with Crippen LogP contribution in [-0.4, -0.2) is 74.8 Å². The minimum absolute atomic E-state index is 0.0719. The van der Waals surface area contributed by atoms with Crippen LogP contribution in [0.3, 0.4) is 0 Å². The van der Waals surface area contributed by atoms with Gasteiger partial charge >= 0.3 is 5.97 Å². The maximum Gasteiger partial charge on any atom is 0.353 e. The van der Waals surface area contributed by atoms with E-state index in [0.717, 1.165) is 17.9 Å². The normalized spacial score (nSPS) is 34.6. The summed E-state index contributed by atoms with van der Waals surface area (Å²) in [5, 5.41) is 19.8. The molecular weight excluding hydrogens is 370 g/mol. The number of likely N-dealkylation sites (tertiary alicyclic amines) is 1. The largest absolute Gasteiger partial charge is 0.477 e. The second kappa shape index (κ2) is 7.44. The number of rotatable bonds is 7. The molecule has 1 unspecified atom stereocenters. The SMILES string of the molecule is C[C@H]1C(S[C@H]2C[C@@H](CCC(N)=O)N(C)C2)=C(C(=O)O)N2C(=O)[C@H]([C@@H](C)O)C12. The van der Waals surface area contributed by atoms with Gasteiger partial charge in [-0.25, -0.2) is 4.79 Å². The Kier molecular flexibility index (Phi) is 5.56. The zero-order chi connectivity index (χ0) is 20.0. The fraction of sp³-hybridized carbons (Fsp3) is 0.722. The van der Waals surface area contributed by atoms with Crippen molar-refractivity contribution in [2.75, 3.05) is 13.6 Å². The summed E-state index contributed by atoms with van der Waals surface area (Å²) in [5.74, 6) is -2.37. The molecule has 150 valence electrons. The smallest absolute Gasteiger partial charge is 0.353 e. The zero-order valence-electron chi connectivity index (χ0n) is 15.8. The van der Waals surface area contributed by atoms with Crippen LogP contribution in [0.4, 0.5) is 0 Å². The monoisotopic (exact) mass is 397 g/mol. The van der Waals surface area contributed by atoms with E-state index in [-0.39, 0.29) is 40.8 Å². The summed E-state index contributed by atoms with van der Waals surface area (Å²) < 4.78 is 0. The highest BCUT2D eigenvalue weighted by molar-refractivity contribution is 8.03. The number of amides is 2. The summed E-state index contributed by atoms with van der Waals surface area (Å²) >= 11 is 1.53. The summed E-state index contributed by atoms with van der Waals surface area (Å²) in [6, 6.07) is -0.0413. The maximum atomic E-state index is 12.4. The molecular formula is C18H27N3O5S. The third-order valence-corrected chi connectivity index (χ3v) is 7.47. The molecule has 0 aliphatic carbocycles. The first-order valence-corrected chi connectivity index (χ1v) is 10.1. The second-order valence-electron chi connectivity index (χ2n) is 7.85. The Bertz CT molecular complexity index is 694. The van der Waals surface area contributed by atoms with Crippen LogP contribution in [0.1, 0.15) is 33.1 Å². The van der Waals surface area contributed by atoms with Gasteiger partial charge in [0.15, 0.2) is 0 Å². The Labute approximate surface area is 162 Å². The number of nitrogens with two attached hydrogens (primary N) is 1. The van der Waals surface area contributed by atoms with E-state index in [1.165, 1.54) is 16.7 Å². The van der Waals surface area contributed by atoms with Crippen LogP contribution in [0.5, 0.6) is 0 Å². The lowest BCUT2D eigenvalue weighted by molar-refractivity contribution is -0.163. The first-order chi connectivity index (χ1) is 12.6. The topological polar surface area (TPSA) is 124 Å². The molecule has 8 nitrogen and oxygen atoms in total. The quantitative estimate of drug-likeness (QED) is 0.525. The third kappa shape index (κ3) is 3.48. The van der Waals surface area contributed by atoms with Gasteiger partial charge in [-0.1, -0.05) is 6.92 Å². The van der Waals surface area contributed by atoms with Crippen molar-refractivity contribution in [2.24, 2.45) is 17.6 Å². The fourth-order valence-corrected chi connectivity index (χ4v) is 6.26. The number of aliphatic hydroxyl groups excluding tert-OH is 1. The number of hydrogen-bond donors (Lipinski definition) is 3.